The second-order valence-electron chi connectivity index (χ2n) is 6.55. The van der Waals surface area contributed by atoms with Crippen LogP contribution in [0, 0.1) is 0 Å². The van der Waals surface area contributed by atoms with E-state index in [1.165, 1.54) is 0 Å². The van der Waals surface area contributed by atoms with Gasteiger partial charge in [-0.2, -0.15) is 0 Å². The van der Waals surface area contributed by atoms with Gasteiger partial charge in [0.05, 0.1) is 16.7 Å². The zero-order valence-corrected chi connectivity index (χ0v) is 14.8. The molecule has 0 bridgehead atoms. The van der Waals surface area contributed by atoms with Crippen molar-refractivity contribution in [2.45, 2.75) is 0 Å². The van der Waals surface area contributed by atoms with Crippen molar-refractivity contribution in [2.75, 3.05) is 0 Å². The number of fused-ring (bicyclic) bond motifs is 3. The molecule has 3 aromatic carbocycles. The molecule has 0 fully saturated rings. The number of imidazole rings is 2. The fourth-order valence-electron chi connectivity index (χ4n) is 3.65. The smallest absolute Gasteiger partial charge is 0.215 e. The van der Waals surface area contributed by atoms with Crippen molar-refractivity contribution in [3.8, 4) is 11.3 Å². The molecule has 4 heteroatoms. The monoisotopic (exact) mass is 351 g/mol. The van der Waals surface area contributed by atoms with Crippen LogP contribution in [-0.4, -0.2) is 19.7 Å². The number of para-hydroxylation sites is 2. The third kappa shape index (κ3) is 2.30. The summed E-state index contributed by atoms with van der Waals surface area (Å²) in [6.45, 7) is 0. The van der Waals surface area contributed by atoms with E-state index in [1.807, 2.05) is 84.4 Å². The van der Waals surface area contributed by atoms with E-state index in [4.69, 9.17) is 4.98 Å². The first kappa shape index (κ1) is 15.6. The molecule has 0 aliphatic carbocycles. The number of carbonyl (C=O) groups excluding carboxylic acids is 1. The molecule has 5 rings (SSSR count). The van der Waals surface area contributed by atoms with Crippen LogP contribution in [0.25, 0.3) is 28.1 Å². The molecule has 0 saturated heterocycles. The van der Waals surface area contributed by atoms with Gasteiger partial charge in [-0.25, -0.2) is 4.98 Å². The minimum Gasteiger partial charge on any atom is -0.313 e. The molecular weight excluding hydrogens is 334 g/mol. The van der Waals surface area contributed by atoms with Crippen LogP contribution in [0.15, 0.2) is 84.9 Å². The number of benzene rings is 3. The number of nitrogens with zero attached hydrogens (tertiary/aromatic N) is 3. The maximum atomic E-state index is 13.3. The van der Waals surface area contributed by atoms with Gasteiger partial charge in [0, 0.05) is 18.2 Å². The lowest BCUT2D eigenvalue weighted by atomic mass is 10.0. The van der Waals surface area contributed by atoms with Gasteiger partial charge in [0.2, 0.25) is 11.6 Å². The van der Waals surface area contributed by atoms with Crippen LogP contribution in [-0.2, 0) is 7.05 Å². The number of rotatable bonds is 3. The fraction of sp³-hybridized carbons (Fsp3) is 0.0435. The number of aromatic nitrogens is 3. The average Bonchev–Trinajstić information content (AvgIpc) is 3.25. The van der Waals surface area contributed by atoms with E-state index in [0.717, 1.165) is 28.1 Å². The van der Waals surface area contributed by atoms with E-state index in [-0.39, 0.29) is 5.78 Å². The van der Waals surface area contributed by atoms with E-state index in [0.29, 0.717) is 11.3 Å². The Morgan fingerprint density at radius 2 is 1.37 bits per heavy atom. The summed E-state index contributed by atoms with van der Waals surface area (Å²) in [6.07, 6.45) is 0. The van der Waals surface area contributed by atoms with Gasteiger partial charge in [0.1, 0.15) is 5.69 Å². The number of carbonyl (C=O) groups is 1. The lowest BCUT2D eigenvalue weighted by molar-refractivity contribution is 0.103. The molecule has 0 aliphatic rings. The van der Waals surface area contributed by atoms with Gasteiger partial charge >= 0.3 is 0 Å². The van der Waals surface area contributed by atoms with Gasteiger partial charge in [-0.15, -0.1) is 0 Å². The number of aryl methyl sites for hydroxylation is 1. The molecule has 27 heavy (non-hydrogen) atoms. The summed E-state index contributed by atoms with van der Waals surface area (Å²) >= 11 is 0. The van der Waals surface area contributed by atoms with Crippen molar-refractivity contribution in [3.05, 3.63) is 96.2 Å². The summed E-state index contributed by atoms with van der Waals surface area (Å²) in [5, 5.41) is 0. The Morgan fingerprint density at radius 3 is 2.07 bits per heavy atom. The highest BCUT2D eigenvalue weighted by atomic mass is 16.1. The number of ketones is 1. The molecule has 0 N–H and O–H groups in total. The zero-order valence-electron chi connectivity index (χ0n) is 14.8. The molecule has 5 aromatic rings. The molecule has 0 amide bonds. The molecule has 0 radical (unpaired) electrons. The summed E-state index contributed by atoms with van der Waals surface area (Å²) < 4.78 is 4.12. The fourth-order valence-corrected chi connectivity index (χ4v) is 3.65. The molecular formula is C23H17N3O. The van der Waals surface area contributed by atoms with Gasteiger partial charge in [0.15, 0.2) is 0 Å². The normalized spacial score (nSPS) is 11.3. The molecule has 4 nitrogen and oxygen atoms in total. The first-order chi connectivity index (χ1) is 13.3. The largest absolute Gasteiger partial charge is 0.313 e. The summed E-state index contributed by atoms with van der Waals surface area (Å²) in [7, 11) is 1.98. The van der Waals surface area contributed by atoms with Crippen molar-refractivity contribution >= 4 is 22.6 Å². The second-order valence-corrected chi connectivity index (χ2v) is 6.55. The third-order valence-electron chi connectivity index (χ3n) is 4.94. The number of hydrogen-bond donors (Lipinski definition) is 0. The van der Waals surface area contributed by atoms with Crippen LogP contribution in [0.3, 0.4) is 0 Å². The van der Waals surface area contributed by atoms with Crippen molar-refractivity contribution < 1.29 is 4.79 Å². The van der Waals surface area contributed by atoms with Crippen LogP contribution < -0.4 is 0 Å². The van der Waals surface area contributed by atoms with Crippen molar-refractivity contribution in [1.82, 2.24) is 14.0 Å². The quantitative estimate of drug-likeness (QED) is 0.441. The molecule has 2 aromatic heterocycles. The summed E-state index contributed by atoms with van der Waals surface area (Å²) in [5.41, 5.74) is 5.03. The van der Waals surface area contributed by atoms with Crippen LogP contribution in [0.2, 0.25) is 0 Å². The van der Waals surface area contributed by atoms with Gasteiger partial charge in [-0.3, -0.25) is 9.20 Å². The van der Waals surface area contributed by atoms with E-state index >= 15 is 0 Å². The molecule has 130 valence electrons. The highest BCUT2D eigenvalue weighted by Gasteiger charge is 2.24. The number of hydrogen-bond acceptors (Lipinski definition) is 2. The maximum Gasteiger partial charge on any atom is 0.215 e. The minimum atomic E-state index is -0.0674. The predicted octanol–water partition coefficient (Wildman–Crippen LogP) is 4.72. The SMILES string of the molecule is Cn1c2ccccc2n2c(-c3ccccc3)c(C(=O)c3ccccc3)nc12. The minimum absolute atomic E-state index is 0.0674. The molecule has 0 unspecified atom stereocenters. The van der Waals surface area contributed by atoms with Gasteiger partial charge < -0.3 is 4.57 Å². The Kier molecular flexibility index (Phi) is 3.44. The zero-order chi connectivity index (χ0) is 18.4. The molecule has 0 atom stereocenters. The van der Waals surface area contributed by atoms with E-state index in [9.17, 15) is 4.79 Å². The van der Waals surface area contributed by atoms with Crippen LogP contribution in [0.4, 0.5) is 0 Å². The van der Waals surface area contributed by atoms with Crippen LogP contribution >= 0.6 is 0 Å². The summed E-state index contributed by atoms with van der Waals surface area (Å²) in [4.78, 5) is 18.0. The predicted molar refractivity (Wildman–Crippen MR) is 107 cm³/mol. The van der Waals surface area contributed by atoms with Gasteiger partial charge in [-0.05, 0) is 12.1 Å². The van der Waals surface area contributed by atoms with Crippen molar-refractivity contribution in [3.63, 3.8) is 0 Å². The first-order valence-electron chi connectivity index (χ1n) is 8.87. The van der Waals surface area contributed by atoms with Crippen LogP contribution in [0.1, 0.15) is 16.1 Å². The highest BCUT2D eigenvalue weighted by Crippen LogP contribution is 2.31. The first-order valence-corrected chi connectivity index (χ1v) is 8.87. The average molecular weight is 351 g/mol. The van der Waals surface area contributed by atoms with Crippen molar-refractivity contribution in [1.29, 1.82) is 0 Å². The van der Waals surface area contributed by atoms with E-state index in [1.54, 1.807) is 0 Å². The Hall–Kier alpha value is -3.66. The standard InChI is InChI=1S/C23H17N3O/c1-25-18-14-8-9-15-19(18)26-21(16-10-4-2-5-11-16)20(24-23(25)26)22(27)17-12-6-3-7-13-17/h2-15H,1H3. The van der Waals surface area contributed by atoms with Gasteiger partial charge in [-0.1, -0.05) is 72.8 Å². The van der Waals surface area contributed by atoms with Crippen molar-refractivity contribution in [2.24, 2.45) is 7.05 Å². The Bertz CT molecular complexity index is 1280. The third-order valence-corrected chi connectivity index (χ3v) is 4.94. The summed E-state index contributed by atoms with van der Waals surface area (Å²) in [5.74, 6) is 0.691. The van der Waals surface area contributed by atoms with Gasteiger partial charge in [0.25, 0.3) is 0 Å². The van der Waals surface area contributed by atoms with Crippen LogP contribution in [0.5, 0.6) is 0 Å². The van der Waals surface area contributed by atoms with E-state index < -0.39 is 0 Å². The molecule has 0 saturated carbocycles. The highest BCUT2D eigenvalue weighted by molar-refractivity contribution is 6.12. The summed E-state index contributed by atoms with van der Waals surface area (Å²) in [6, 6.07) is 27.5. The lowest BCUT2D eigenvalue weighted by Crippen LogP contribution is -2.04. The Morgan fingerprint density at radius 1 is 0.778 bits per heavy atom. The Labute approximate surface area is 156 Å². The molecule has 2 heterocycles. The maximum absolute atomic E-state index is 13.3. The topological polar surface area (TPSA) is 39.3 Å². The second kappa shape index (κ2) is 5.95. The Balaban J connectivity index is 1.89. The van der Waals surface area contributed by atoms with E-state index in [2.05, 4.69) is 16.5 Å². The molecule has 0 aliphatic heterocycles. The molecule has 0 spiro atoms. The lowest BCUT2D eigenvalue weighted by Gasteiger charge is -2.05.